The SMILES string of the molecule is Cc1ccc(S(=O)(=O)N2CCCc3cc(NS(=O)(=O)c4ccc5c(c4)OCCO5)ccc32)cc1. The predicted octanol–water partition coefficient (Wildman–Crippen LogP) is 3.71. The number of rotatable bonds is 5. The summed E-state index contributed by atoms with van der Waals surface area (Å²) in [4.78, 5) is 0.285. The number of sulfonamides is 2. The second-order valence-electron chi connectivity index (χ2n) is 8.25. The van der Waals surface area contributed by atoms with Crippen LogP contribution in [-0.4, -0.2) is 36.6 Å². The normalized spacial score (nSPS) is 15.5. The van der Waals surface area contributed by atoms with Crippen molar-refractivity contribution in [1.82, 2.24) is 0 Å². The van der Waals surface area contributed by atoms with Gasteiger partial charge in [-0.05, 0) is 67.8 Å². The van der Waals surface area contributed by atoms with Crippen LogP contribution in [-0.2, 0) is 26.5 Å². The molecule has 0 atom stereocenters. The lowest BCUT2D eigenvalue weighted by atomic mass is 10.0. The van der Waals surface area contributed by atoms with Gasteiger partial charge in [0.05, 0.1) is 15.5 Å². The number of benzene rings is 3. The van der Waals surface area contributed by atoms with Crippen molar-refractivity contribution in [1.29, 1.82) is 0 Å². The van der Waals surface area contributed by atoms with Crippen LogP contribution in [0, 0.1) is 6.92 Å². The van der Waals surface area contributed by atoms with Crippen LogP contribution in [0.2, 0.25) is 0 Å². The van der Waals surface area contributed by atoms with Gasteiger partial charge in [0.2, 0.25) is 0 Å². The van der Waals surface area contributed by atoms with Crippen LogP contribution < -0.4 is 18.5 Å². The van der Waals surface area contributed by atoms with Crippen LogP contribution in [0.15, 0.2) is 70.5 Å². The average molecular weight is 501 g/mol. The summed E-state index contributed by atoms with van der Waals surface area (Å²) in [5.74, 6) is 0.894. The summed E-state index contributed by atoms with van der Waals surface area (Å²) >= 11 is 0. The number of ether oxygens (including phenoxy) is 2. The maximum atomic E-state index is 13.3. The number of nitrogens with zero attached hydrogens (tertiary/aromatic N) is 1. The van der Waals surface area contributed by atoms with E-state index in [0.717, 1.165) is 11.1 Å². The average Bonchev–Trinajstić information content (AvgIpc) is 2.83. The van der Waals surface area contributed by atoms with Crippen molar-refractivity contribution >= 4 is 31.4 Å². The monoisotopic (exact) mass is 500 g/mol. The van der Waals surface area contributed by atoms with E-state index in [0.29, 0.717) is 55.5 Å². The van der Waals surface area contributed by atoms with Crippen LogP contribution in [0.25, 0.3) is 0 Å². The van der Waals surface area contributed by atoms with Crippen LogP contribution in [0.5, 0.6) is 11.5 Å². The molecule has 0 bridgehead atoms. The molecule has 0 fully saturated rings. The molecule has 0 unspecified atom stereocenters. The number of hydrogen-bond donors (Lipinski definition) is 1. The molecule has 0 saturated carbocycles. The van der Waals surface area contributed by atoms with Crippen LogP contribution in [0.1, 0.15) is 17.5 Å². The Bertz CT molecular complexity index is 1450. The zero-order chi connectivity index (χ0) is 23.9. The Kier molecular flexibility index (Phi) is 5.65. The summed E-state index contributed by atoms with van der Waals surface area (Å²) in [7, 11) is -7.60. The Morgan fingerprint density at radius 1 is 0.824 bits per heavy atom. The van der Waals surface area contributed by atoms with E-state index in [1.165, 1.54) is 16.4 Å². The standard InChI is InChI=1S/C24H24N2O6S2/c1-17-4-7-20(8-5-17)34(29,30)26-12-2-3-18-15-19(6-10-22(18)26)25-33(27,28)21-9-11-23-24(16-21)32-14-13-31-23/h4-11,15-16,25H,2-3,12-14H2,1H3. The van der Waals surface area contributed by atoms with E-state index in [1.807, 2.05) is 6.92 Å². The zero-order valence-corrected chi connectivity index (χ0v) is 20.2. The molecule has 8 nitrogen and oxygen atoms in total. The van der Waals surface area contributed by atoms with Crippen molar-refractivity contribution in [3.05, 3.63) is 71.8 Å². The molecule has 5 rings (SSSR count). The number of nitrogens with one attached hydrogen (secondary N) is 1. The van der Waals surface area contributed by atoms with E-state index >= 15 is 0 Å². The van der Waals surface area contributed by atoms with Crippen LogP contribution >= 0.6 is 0 Å². The van der Waals surface area contributed by atoms with E-state index in [-0.39, 0.29) is 9.79 Å². The van der Waals surface area contributed by atoms with Gasteiger partial charge in [-0.15, -0.1) is 0 Å². The van der Waals surface area contributed by atoms with Gasteiger partial charge in [0.15, 0.2) is 11.5 Å². The molecule has 2 aliphatic rings. The summed E-state index contributed by atoms with van der Waals surface area (Å²) in [5.41, 5.74) is 2.68. The molecule has 178 valence electrons. The molecule has 34 heavy (non-hydrogen) atoms. The Morgan fingerprint density at radius 2 is 1.53 bits per heavy atom. The highest BCUT2D eigenvalue weighted by Gasteiger charge is 2.29. The topological polar surface area (TPSA) is 102 Å². The second kappa shape index (κ2) is 8.52. The lowest BCUT2D eigenvalue weighted by Gasteiger charge is -2.31. The number of fused-ring (bicyclic) bond motifs is 2. The first-order valence-electron chi connectivity index (χ1n) is 10.9. The maximum absolute atomic E-state index is 13.3. The fraction of sp³-hybridized carbons (Fsp3) is 0.250. The largest absolute Gasteiger partial charge is 0.486 e. The molecule has 3 aromatic carbocycles. The molecule has 0 spiro atoms. The summed E-state index contributed by atoms with van der Waals surface area (Å²) < 4.78 is 67.4. The third-order valence-electron chi connectivity index (χ3n) is 5.84. The first-order chi connectivity index (χ1) is 16.2. The Hall–Kier alpha value is -3.24. The minimum Gasteiger partial charge on any atom is -0.486 e. The van der Waals surface area contributed by atoms with Crippen LogP contribution in [0.4, 0.5) is 11.4 Å². The molecule has 1 N–H and O–H groups in total. The molecular weight excluding hydrogens is 476 g/mol. The summed E-state index contributed by atoms with van der Waals surface area (Å²) in [6, 6.07) is 16.2. The molecule has 2 aliphatic heterocycles. The molecule has 10 heteroatoms. The predicted molar refractivity (Wildman–Crippen MR) is 129 cm³/mol. The summed E-state index contributed by atoms with van der Waals surface area (Å²) in [6.45, 7) is 3.05. The zero-order valence-electron chi connectivity index (χ0n) is 18.5. The third-order valence-corrected chi connectivity index (χ3v) is 9.05. The van der Waals surface area contributed by atoms with Crippen molar-refractivity contribution in [3.63, 3.8) is 0 Å². The lowest BCUT2D eigenvalue weighted by molar-refractivity contribution is 0.171. The van der Waals surface area contributed by atoms with Gasteiger partial charge in [0.1, 0.15) is 13.2 Å². The van der Waals surface area contributed by atoms with Gasteiger partial charge in [0, 0.05) is 18.3 Å². The minimum atomic E-state index is -3.88. The molecule has 0 aromatic heterocycles. The Labute approximate surface area is 199 Å². The van der Waals surface area contributed by atoms with Crippen molar-refractivity contribution in [2.45, 2.75) is 29.6 Å². The Morgan fingerprint density at radius 3 is 2.29 bits per heavy atom. The van der Waals surface area contributed by atoms with Gasteiger partial charge < -0.3 is 9.47 Å². The van der Waals surface area contributed by atoms with Crippen molar-refractivity contribution in [3.8, 4) is 11.5 Å². The quantitative estimate of drug-likeness (QED) is 0.573. The van der Waals surface area contributed by atoms with Gasteiger partial charge in [-0.25, -0.2) is 16.8 Å². The van der Waals surface area contributed by atoms with Gasteiger partial charge in [-0.3, -0.25) is 9.03 Å². The van der Waals surface area contributed by atoms with E-state index in [2.05, 4.69) is 4.72 Å². The summed E-state index contributed by atoms with van der Waals surface area (Å²) in [5, 5.41) is 0. The highest BCUT2D eigenvalue weighted by atomic mass is 32.2. The van der Waals surface area contributed by atoms with Gasteiger partial charge in [-0.2, -0.15) is 0 Å². The first-order valence-corrected chi connectivity index (χ1v) is 13.8. The highest BCUT2D eigenvalue weighted by molar-refractivity contribution is 7.93. The van der Waals surface area contributed by atoms with Gasteiger partial charge in [0.25, 0.3) is 20.0 Å². The molecular formula is C24H24N2O6S2. The van der Waals surface area contributed by atoms with Crippen molar-refractivity contribution < 1.29 is 26.3 Å². The van der Waals surface area contributed by atoms with E-state index in [1.54, 1.807) is 48.5 Å². The second-order valence-corrected chi connectivity index (χ2v) is 11.8. The van der Waals surface area contributed by atoms with E-state index in [4.69, 9.17) is 9.47 Å². The molecule has 0 radical (unpaired) electrons. The smallest absolute Gasteiger partial charge is 0.264 e. The highest BCUT2D eigenvalue weighted by Crippen LogP contribution is 2.36. The molecule has 3 aromatic rings. The van der Waals surface area contributed by atoms with Gasteiger partial charge in [-0.1, -0.05) is 17.7 Å². The fourth-order valence-corrected chi connectivity index (χ4v) is 6.72. The van der Waals surface area contributed by atoms with Crippen LogP contribution in [0.3, 0.4) is 0 Å². The molecule has 0 aliphatic carbocycles. The van der Waals surface area contributed by atoms with Crippen molar-refractivity contribution in [2.75, 3.05) is 28.8 Å². The third kappa shape index (κ3) is 4.19. The number of anilines is 2. The molecule has 0 saturated heterocycles. The Balaban J connectivity index is 1.42. The fourth-order valence-electron chi connectivity index (χ4n) is 4.12. The lowest BCUT2D eigenvalue weighted by Crippen LogP contribution is -2.35. The number of hydrogen-bond acceptors (Lipinski definition) is 6. The molecule has 0 amide bonds. The molecule has 2 heterocycles. The van der Waals surface area contributed by atoms with Crippen molar-refractivity contribution in [2.24, 2.45) is 0 Å². The van der Waals surface area contributed by atoms with E-state index in [9.17, 15) is 16.8 Å². The minimum absolute atomic E-state index is 0.0537. The summed E-state index contributed by atoms with van der Waals surface area (Å²) in [6.07, 6.45) is 1.28. The van der Waals surface area contributed by atoms with Gasteiger partial charge >= 0.3 is 0 Å². The number of aryl methyl sites for hydroxylation is 2. The first kappa shape index (κ1) is 22.5. The maximum Gasteiger partial charge on any atom is 0.264 e. The van der Waals surface area contributed by atoms with E-state index < -0.39 is 20.0 Å².